The van der Waals surface area contributed by atoms with Crippen molar-refractivity contribution >= 4 is 0 Å². The van der Waals surface area contributed by atoms with Gasteiger partial charge in [-0.25, -0.2) is 0 Å². The van der Waals surface area contributed by atoms with Crippen LogP contribution in [0, 0.1) is 13.8 Å². The van der Waals surface area contributed by atoms with Gasteiger partial charge in [0.25, 0.3) is 0 Å². The summed E-state index contributed by atoms with van der Waals surface area (Å²) in [5, 5.41) is 0. The topological polar surface area (TPSA) is 9.23 Å². The van der Waals surface area contributed by atoms with Crippen LogP contribution in [0.4, 0.5) is 26.3 Å². The molecule has 0 saturated carbocycles. The van der Waals surface area contributed by atoms with Gasteiger partial charge in [-0.05, 0) is 72.5 Å². The first-order valence-corrected chi connectivity index (χ1v) is 10.7. The predicted octanol–water partition coefficient (Wildman–Crippen LogP) is 9.47. The highest BCUT2D eigenvalue weighted by atomic mass is 19.4. The summed E-state index contributed by atoms with van der Waals surface area (Å²) in [6.07, 6.45) is -8.89. The van der Waals surface area contributed by atoms with Crippen LogP contribution in [-0.2, 0) is 12.4 Å². The molecule has 0 aromatic heterocycles. The molecule has 0 aliphatic heterocycles. The van der Waals surface area contributed by atoms with Gasteiger partial charge in [0.2, 0.25) is 0 Å². The number of aryl methyl sites for hydroxylation is 2. The number of rotatable bonds is 4. The Morgan fingerprint density at radius 3 is 1.20 bits per heavy atom. The van der Waals surface area contributed by atoms with E-state index < -0.39 is 23.5 Å². The van der Waals surface area contributed by atoms with E-state index in [1.807, 2.05) is 0 Å². The van der Waals surface area contributed by atoms with Crippen LogP contribution in [0.2, 0.25) is 0 Å². The lowest BCUT2D eigenvalue weighted by molar-refractivity contribution is -0.138. The zero-order valence-electron chi connectivity index (χ0n) is 18.8. The smallest absolute Gasteiger partial charge is 0.416 e. The second-order valence-electron chi connectivity index (χ2n) is 8.15. The summed E-state index contributed by atoms with van der Waals surface area (Å²) in [4.78, 5) is 0. The van der Waals surface area contributed by atoms with Crippen molar-refractivity contribution in [2.45, 2.75) is 26.2 Å². The Balaban J connectivity index is 1.75. The van der Waals surface area contributed by atoms with Crippen LogP contribution in [-0.4, -0.2) is 0 Å². The molecule has 0 amide bonds. The van der Waals surface area contributed by atoms with E-state index in [0.29, 0.717) is 44.9 Å². The number of hydrogen-bond acceptors (Lipinski definition) is 1. The van der Waals surface area contributed by atoms with Crippen LogP contribution in [0.3, 0.4) is 0 Å². The summed E-state index contributed by atoms with van der Waals surface area (Å²) < 4.78 is 84.9. The number of ether oxygens (including phenoxy) is 1. The van der Waals surface area contributed by atoms with Gasteiger partial charge in [0.1, 0.15) is 11.5 Å². The van der Waals surface area contributed by atoms with Crippen LogP contribution < -0.4 is 4.74 Å². The molecule has 0 radical (unpaired) electrons. The quantitative estimate of drug-likeness (QED) is 0.261. The molecule has 0 saturated heterocycles. The van der Waals surface area contributed by atoms with Gasteiger partial charge in [-0.2, -0.15) is 26.3 Å². The lowest BCUT2D eigenvalue weighted by atomic mass is 9.96. The van der Waals surface area contributed by atoms with Crippen molar-refractivity contribution in [2.75, 3.05) is 0 Å². The van der Waals surface area contributed by atoms with Crippen LogP contribution in [0.1, 0.15) is 22.3 Å². The number of halogens is 6. The zero-order chi connectivity index (χ0) is 25.4. The van der Waals surface area contributed by atoms with Gasteiger partial charge in [0.15, 0.2) is 0 Å². The average Bonchev–Trinajstić information content (AvgIpc) is 2.79. The van der Waals surface area contributed by atoms with Crippen LogP contribution in [0.5, 0.6) is 11.5 Å². The van der Waals surface area contributed by atoms with Crippen molar-refractivity contribution in [2.24, 2.45) is 0 Å². The summed E-state index contributed by atoms with van der Waals surface area (Å²) in [7, 11) is 0. The van der Waals surface area contributed by atoms with Crippen molar-refractivity contribution in [3.8, 4) is 33.8 Å². The molecule has 7 heteroatoms. The average molecular weight is 486 g/mol. The molecule has 0 aliphatic carbocycles. The third-order valence-electron chi connectivity index (χ3n) is 5.68. The largest absolute Gasteiger partial charge is 0.456 e. The normalized spacial score (nSPS) is 12.0. The Morgan fingerprint density at radius 2 is 0.857 bits per heavy atom. The van der Waals surface area contributed by atoms with Crippen LogP contribution >= 0.6 is 0 Å². The first kappa shape index (κ1) is 24.4. The second-order valence-corrected chi connectivity index (χ2v) is 8.15. The zero-order valence-corrected chi connectivity index (χ0v) is 18.8. The minimum absolute atomic E-state index is 0.410. The molecule has 0 fully saturated rings. The molecule has 0 aliphatic rings. The third-order valence-corrected chi connectivity index (χ3v) is 5.68. The van der Waals surface area contributed by atoms with E-state index in [1.54, 1.807) is 62.4 Å². The van der Waals surface area contributed by atoms with Crippen molar-refractivity contribution < 1.29 is 31.1 Å². The second kappa shape index (κ2) is 9.13. The highest BCUT2D eigenvalue weighted by Crippen LogP contribution is 2.41. The van der Waals surface area contributed by atoms with E-state index in [1.165, 1.54) is 12.1 Å². The fraction of sp³-hybridized carbons (Fsp3) is 0.143. The van der Waals surface area contributed by atoms with Crippen molar-refractivity contribution in [1.29, 1.82) is 0 Å². The minimum Gasteiger partial charge on any atom is -0.456 e. The van der Waals surface area contributed by atoms with Crippen molar-refractivity contribution in [3.05, 3.63) is 107 Å². The molecule has 4 aromatic carbocycles. The molecule has 0 bridgehead atoms. The molecule has 0 spiro atoms. The van der Waals surface area contributed by atoms with Gasteiger partial charge in [-0.3, -0.25) is 0 Å². The van der Waals surface area contributed by atoms with Gasteiger partial charge in [0.05, 0.1) is 11.1 Å². The van der Waals surface area contributed by atoms with Crippen molar-refractivity contribution in [1.82, 2.24) is 0 Å². The fourth-order valence-electron chi connectivity index (χ4n) is 3.96. The molecular weight excluding hydrogens is 466 g/mol. The van der Waals surface area contributed by atoms with Crippen LogP contribution in [0.25, 0.3) is 22.3 Å². The predicted molar refractivity (Wildman–Crippen MR) is 123 cm³/mol. The minimum atomic E-state index is -4.45. The number of alkyl halides is 6. The van der Waals surface area contributed by atoms with Gasteiger partial charge in [0, 0.05) is 11.1 Å². The molecular formula is C28H20F6O. The highest BCUT2D eigenvalue weighted by molar-refractivity contribution is 5.77. The van der Waals surface area contributed by atoms with E-state index in [0.717, 1.165) is 24.3 Å². The monoisotopic (exact) mass is 486 g/mol. The van der Waals surface area contributed by atoms with E-state index >= 15 is 0 Å². The van der Waals surface area contributed by atoms with Crippen LogP contribution in [0.15, 0.2) is 84.9 Å². The van der Waals surface area contributed by atoms with Gasteiger partial charge < -0.3 is 4.74 Å². The Hall–Kier alpha value is -3.74. The maximum Gasteiger partial charge on any atom is 0.416 e. The molecule has 0 heterocycles. The first-order chi connectivity index (χ1) is 16.4. The molecule has 4 aromatic rings. The highest BCUT2D eigenvalue weighted by Gasteiger charge is 2.31. The molecule has 1 nitrogen and oxygen atoms in total. The molecule has 0 atom stereocenters. The summed E-state index contributed by atoms with van der Waals surface area (Å²) in [6.45, 7) is 3.20. The molecule has 35 heavy (non-hydrogen) atoms. The van der Waals surface area contributed by atoms with E-state index in [-0.39, 0.29) is 0 Å². The molecule has 0 N–H and O–H groups in total. The van der Waals surface area contributed by atoms with E-state index in [4.69, 9.17) is 4.74 Å². The Morgan fingerprint density at radius 1 is 0.486 bits per heavy atom. The summed E-state index contributed by atoms with van der Waals surface area (Å²) in [5.41, 5.74) is 1.75. The van der Waals surface area contributed by atoms with Gasteiger partial charge in [-0.15, -0.1) is 0 Å². The molecule has 0 unspecified atom stereocenters. The van der Waals surface area contributed by atoms with Gasteiger partial charge in [-0.1, -0.05) is 48.5 Å². The summed E-state index contributed by atoms with van der Waals surface area (Å²) >= 11 is 0. The fourth-order valence-corrected chi connectivity index (χ4v) is 3.96. The Bertz CT molecular complexity index is 1260. The van der Waals surface area contributed by atoms with E-state index in [2.05, 4.69) is 0 Å². The summed E-state index contributed by atoms with van der Waals surface area (Å²) in [5.74, 6) is 0.819. The molecule has 180 valence electrons. The van der Waals surface area contributed by atoms with Crippen molar-refractivity contribution in [3.63, 3.8) is 0 Å². The number of benzene rings is 4. The standard InChI is InChI=1S/C28H20F6O/c1-17-15-19(27(29,30)31)11-13-21(17)23-7-3-5-9-25(23)35-26-10-6-4-8-24(26)22-14-12-20(16-18(22)2)28(32,33)34/h3-16H,1-2H3. The maximum atomic E-state index is 13.1. The lowest BCUT2D eigenvalue weighted by Gasteiger charge is -2.18. The Kier molecular flexibility index (Phi) is 6.36. The SMILES string of the molecule is Cc1cc(C(F)(F)F)ccc1-c1ccccc1Oc1ccccc1-c1ccc(C(F)(F)F)cc1C. The van der Waals surface area contributed by atoms with E-state index in [9.17, 15) is 26.3 Å². The molecule has 4 rings (SSSR count). The number of hydrogen-bond donors (Lipinski definition) is 0. The number of para-hydroxylation sites is 2. The third kappa shape index (κ3) is 5.19. The lowest BCUT2D eigenvalue weighted by Crippen LogP contribution is -2.05. The first-order valence-electron chi connectivity index (χ1n) is 10.7. The maximum absolute atomic E-state index is 13.1. The van der Waals surface area contributed by atoms with Gasteiger partial charge >= 0.3 is 12.4 Å². The Labute approximate surface area is 198 Å². The summed E-state index contributed by atoms with van der Waals surface area (Å²) in [6, 6.07) is 20.9.